The van der Waals surface area contributed by atoms with Crippen molar-refractivity contribution in [2.45, 2.75) is 52.2 Å². The molecule has 2 aromatic heterocycles. The molecule has 1 N–H and O–H groups in total. The number of aryl methyl sites for hydroxylation is 2. The van der Waals surface area contributed by atoms with E-state index in [0.717, 1.165) is 43.3 Å². The number of pyridine rings is 1. The van der Waals surface area contributed by atoms with Gasteiger partial charge in [0.25, 0.3) is 0 Å². The molecule has 0 aromatic carbocycles. The van der Waals surface area contributed by atoms with Gasteiger partial charge in [-0.1, -0.05) is 12.5 Å². The molecule has 7 heteroatoms. The van der Waals surface area contributed by atoms with Crippen LogP contribution in [-0.2, 0) is 17.9 Å². The van der Waals surface area contributed by atoms with E-state index in [2.05, 4.69) is 25.3 Å². The van der Waals surface area contributed by atoms with Gasteiger partial charge >= 0.3 is 0 Å². The highest BCUT2D eigenvalue weighted by Crippen LogP contribution is 2.18. The van der Waals surface area contributed by atoms with Gasteiger partial charge in [-0.2, -0.15) is 5.10 Å². The van der Waals surface area contributed by atoms with Crippen LogP contribution in [0.15, 0.2) is 24.4 Å². The van der Waals surface area contributed by atoms with Crippen LogP contribution >= 0.6 is 0 Å². The zero-order valence-corrected chi connectivity index (χ0v) is 15.0. The van der Waals surface area contributed by atoms with Crippen LogP contribution in [0, 0.1) is 13.8 Å². The maximum Gasteiger partial charge on any atom is 0.234 e. The smallest absolute Gasteiger partial charge is 0.234 e. The van der Waals surface area contributed by atoms with E-state index in [1.165, 1.54) is 6.42 Å². The van der Waals surface area contributed by atoms with E-state index in [0.29, 0.717) is 19.1 Å². The molecule has 0 aliphatic carbocycles. The van der Waals surface area contributed by atoms with Crippen molar-refractivity contribution in [3.8, 4) is 0 Å². The van der Waals surface area contributed by atoms with Gasteiger partial charge in [-0.15, -0.1) is 0 Å². The van der Waals surface area contributed by atoms with Crippen molar-refractivity contribution in [2.24, 2.45) is 0 Å². The zero-order chi connectivity index (χ0) is 17.6. The summed E-state index contributed by atoms with van der Waals surface area (Å²) in [5, 5.41) is 7.43. The number of rotatable bonds is 6. The third-order valence-electron chi connectivity index (χ3n) is 4.63. The second-order valence-corrected chi connectivity index (χ2v) is 6.61. The molecule has 0 saturated carbocycles. The number of piperidine rings is 1. The Morgan fingerprint density at radius 3 is 2.92 bits per heavy atom. The van der Waals surface area contributed by atoms with Gasteiger partial charge in [-0.05, 0) is 45.4 Å². The molecule has 3 heterocycles. The van der Waals surface area contributed by atoms with E-state index in [-0.39, 0.29) is 5.91 Å². The van der Waals surface area contributed by atoms with Gasteiger partial charge in [0.1, 0.15) is 11.6 Å². The van der Waals surface area contributed by atoms with Gasteiger partial charge in [0, 0.05) is 12.2 Å². The monoisotopic (exact) mass is 342 g/mol. The minimum absolute atomic E-state index is 0.0454. The van der Waals surface area contributed by atoms with E-state index < -0.39 is 0 Å². The first-order chi connectivity index (χ1) is 12.1. The van der Waals surface area contributed by atoms with E-state index in [1.807, 2.05) is 36.7 Å². The number of hydrogen-bond acceptors (Lipinski definition) is 5. The predicted molar refractivity (Wildman–Crippen MR) is 94.8 cm³/mol. The molecule has 134 valence electrons. The van der Waals surface area contributed by atoms with Crippen LogP contribution in [0.5, 0.6) is 0 Å². The van der Waals surface area contributed by atoms with Crippen molar-refractivity contribution in [3.05, 3.63) is 41.7 Å². The van der Waals surface area contributed by atoms with Gasteiger partial charge in [0.05, 0.1) is 25.3 Å². The van der Waals surface area contributed by atoms with Crippen LogP contribution in [0.2, 0.25) is 0 Å². The maximum atomic E-state index is 12.3. The number of amides is 1. The van der Waals surface area contributed by atoms with Gasteiger partial charge in [0.2, 0.25) is 5.91 Å². The molecule has 2 aromatic rings. The Morgan fingerprint density at radius 2 is 2.20 bits per heavy atom. The molecule has 0 unspecified atom stereocenters. The van der Waals surface area contributed by atoms with Crippen molar-refractivity contribution in [2.75, 3.05) is 13.1 Å². The second-order valence-electron chi connectivity index (χ2n) is 6.61. The fraction of sp³-hybridized carbons (Fsp3) is 0.556. The fourth-order valence-corrected chi connectivity index (χ4v) is 3.34. The molecule has 7 nitrogen and oxygen atoms in total. The molecular weight excluding hydrogens is 316 g/mol. The first-order valence-electron chi connectivity index (χ1n) is 8.90. The highest BCUT2D eigenvalue weighted by molar-refractivity contribution is 5.78. The molecule has 25 heavy (non-hydrogen) atoms. The summed E-state index contributed by atoms with van der Waals surface area (Å²) in [6.07, 6.45) is 5.17. The van der Waals surface area contributed by atoms with E-state index in [1.54, 1.807) is 6.20 Å². The number of carbonyl (C=O) groups excluding carboxylic acids is 1. The molecule has 1 fully saturated rings. The van der Waals surface area contributed by atoms with Crippen molar-refractivity contribution in [3.63, 3.8) is 0 Å². The summed E-state index contributed by atoms with van der Waals surface area (Å²) in [7, 11) is 0. The molecule has 1 atom stereocenters. The molecule has 0 spiro atoms. The van der Waals surface area contributed by atoms with Crippen LogP contribution in [0.3, 0.4) is 0 Å². The lowest BCUT2D eigenvalue weighted by Gasteiger charge is -2.35. The van der Waals surface area contributed by atoms with Gasteiger partial charge < -0.3 is 5.32 Å². The molecule has 1 saturated heterocycles. The van der Waals surface area contributed by atoms with E-state index in [9.17, 15) is 4.79 Å². The average molecular weight is 342 g/mol. The van der Waals surface area contributed by atoms with E-state index in [4.69, 9.17) is 0 Å². The number of aromatic nitrogens is 4. The lowest BCUT2D eigenvalue weighted by Crippen LogP contribution is -2.47. The normalized spacial score (nSPS) is 18.2. The molecule has 1 aliphatic heterocycles. The number of nitrogens with one attached hydrogen (secondary N) is 1. The third-order valence-corrected chi connectivity index (χ3v) is 4.63. The Hall–Kier alpha value is -2.28. The van der Waals surface area contributed by atoms with Crippen molar-refractivity contribution < 1.29 is 4.79 Å². The van der Waals surface area contributed by atoms with Crippen molar-refractivity contribution >= 4 is 5.91 Å². The molecule has 0 radical (unpaired) electrons. The Kier molecular flexibility index (Phi) is 5.75. The highest BCUT2D eigenvalue weighted by Gasteiger charge is 2.25. The lowest BCUT2D eigenvalue weighted by molar-refractivity contribution is -0.123. The van der Waals surface area contributed by atoms with Crippen LogP contribution in [0.4, 0.5) is 0 Å². The summed E-state index contributed by atoms with van der Waals surface area (Å²) in [5.41, 5.74) is 0.875. The number of carbonyl (C=O) groups is 1. The quantitative estimate of drug-likeness (QED) is 0.860. The Morgan fingerprint density at radius 1 is 1.32 bits per heavy atom. The summed E-state index contributed by atoms with van der Waals surface area (Å²) in [6, 6.07) is 6.05. The molecule has 3 rings (SSSR count). The number of nitrogens with zero attached hydrogens (tertiary/aromatic N) is 5. The Bertz CT molecular complexity index is 699. The largest absolute Gasteiger partial charge is 0.349 e. The molecule has 1 aliphatic rings. The summed E-state index contributed by atoms with van der Waals surface area (Å²) < 4.78 is 1.96. The fourth-order valence-electron chi connectivity index (χ4n) is 3.34. The predicted octanol–water partition coefficient (Wildman–Crippen LogP) is 1.46. The average Bonchev–Trinajstić information content (AvgIpc) is 2.93. The zero-order valence-electron chi connectivity index (χ0n) is 15.0. The summed E-state index contributed by atoms with van der Waals surface area (Å²) in [4.78, 5) is 23.2. The van der Waals surface area contributed by atoms with Crippen molar-refractivity contribution in [1.29, 1.82) is 0 Å². The Labute approximate surface area is 148 Å². The third kappa shape index (κ3) is 4.85. The van der Waals surface area contributed by atoms with Gasteiger partial charge in [-0.25, -0.2) is 9.67 Å². The first kappa shape index (κ1) is 17.5. The maximum absolute atomic E-state index is 12.3. The number of hydrogen-bond donors (Lipinski definition) is 1. The standard InChI is InChI=1S/C18H26N6O/c1-14-21-15(2)24(22-14)12-17-8-4-6-10-23(17)13-18(25)20-11-16-7-3-5-9-19-16/h3,5,7,9,17H,4,6,8,10-13H2,1-2H3,(H,20,25)/t17-/m1/s1. The molecule has 1 amide bonds. The number of likely N-dealkylation sites (tertiary alicyclic amines) is 1. The highest BCUT2D eigenvalue weighted by atomic mass is 16.2. The first-order valence-corrected chi connectivity index (χ1v) is 8.90. The van der Waals surface area contributed by atoms with Crippen LogP contribution in [-0.4, -0.2) is 49.7 Å². The van der Waals surface area contributed by atoms with Crippen LogP contribution in [0.1, 0.15) is 36.6 Å². The summed E-state index contributed by atoms with van der Waals surface area (Å²) in [5.74, 6) is 1.78. The summed E-state index contributed by atoms with van der Waals surface area (Å²) in [6.45, 7) is 6.53. The SMILES string of the molecule is Cc1nc(C)n(C[C@H]2CCCCN2CC(=O)NCc2ccccn2)n1. The Balaban J connectivity index is 1.55. The second kappa shape index (κ2) is 8.20. The molecule has 0 bridgehead atoms. The van der Waals surface area contributed by atoms with Crippen molar-refractivity contribution in [1.82, 2.24) is 30.0 Å². The van der Waals surface area contributed by atoms with Crippen LogP contribution < -0.4 is 5.32 Å². The lowest BCUT2D eigenvalue weighted by atomic mass is 10.0. The minimum atomic E-state index is 0.0454. The minimum Gasteiger partial charge on any atom is -0.349 e. The van der Waals surface area contributed by atoms with Gasteiger partial charge in [0.15, 0.2) is 0 Å². The topological polar surface area (TPSA) is 75.9 Å². The molecular formula is C18H26N6O. The summed E-state index contributed by atoms with van der Waals surface area (Å²) >= 11 is 0. The van der Waals surface area contributed by atoms with Gasteiger partial charge in [-0.3, -0.25) is 14.7 Å². The van der Waals surface area contributed by atoms with E-state index >= 15 is 0 Å². The van der Waals surface area contributed by atoms with Crippen LogP contribution in [0.25, 0.3) is 0 Å².